The van der Waals surface area contributed by atoms with Crippen LogP contribution in [-0.2, 0) is 0 Å². The first-order valence-corrected chi connectivity index (χ1v) is 7.74. The highest BCUT2D eigenvalue weighted by Crippen LogP contribution is 2.12. The molecule has 0 fully saturated rings. The van der Waals surface area contributed by atoms with Crippen molar-refractivity contribution in [2.45, 2.75) is 27.2 Å². The Morgan fingerprint density at radius 2 is 1.95 bits per heavy atom. The molecule has 0 aromatic heterocycles. The minimum Gasteiger partial charge on any atom is -0.492 e. The molecule has 0 aliphatic carbocycles. The number of aliphatic hydroxyl groups is 1. The van der Waals surface area contributed by atoms with Crippen LogP contribution >= 0.6 is 0 Å². The highest BCUT2D eigenvalue weighted by atomic mass is 16.5. The average Bonchev–Trinajstić information content (AvgIpc) is 2.52. The van der Waals surface area contributed by atoms with Gasteiger partial charge in [-0.3, -0.25) is 4.90 Å². The molecule has 3 heteroatoms. The normalized spacial score (nSPS) is 11.9. The second kappa shape index (κ2) is 10.3. The lowest BCUT2D eigenvalue weighted by Crippen LogP contribution is -2.32. The molecule has 1 N–H and O–H groups in total. The molecule has 1 unspecified atom stereocenters. The van der Waals surface area contributed by atoms with Crippen molar-refractivity contribution in [3.63, 3.8) is 0 Å². The number of hydrogen-bond donors (Lipinski definition) is 1. The topological polar surface area (TPSA) is 32.7 Å². The number of rotatable bonds is 8. The van der Waals surface area contributed by atoms with E-state index in [1.807, 2.05) is 24.3 Å². The number of nitrogens with zero attached hydrogens (tertiary/aromatic N) is 1. The van der Waals surface area contributed by atoms with E-state index in [4.69, 9.17) is 9.84 Å². The largest absolute Gasteiger partial charge is 0.492 e. The van der Waals surface area contributed by atoms with Gasteiger partial charge in [-0.05, 0) is 36.7 Å². The molecule has 116 valence electrons. The van der Waals surface area contributed by atoms with E-state index in [1.54, 1.807) is 0 Å². The summed E-state index contributed by atoms with van der Waals surface area (Å²) in [5.41, 5.74) is 0.892. The lowest BCUT2D eigenvalue weighted by Gasteiger charge is -2.23. The smallest absolute Gasteiger partial charge is 0.119 e. The number of likely N-dealkylation sites (N-methyl/N-ethyl adjacent to an activating group) is 1. The summed E-state index contributed by atoms with van der Waals surface area (Å²) in [6, 6.07) is 7.67. The molecular weight excluding hydrogens is 262 g/mol. The third kappa shape index (κ3) is 7.17. The maximum absolute atomic E-state index is 8.65. The quantitative estimate of drug-likeness (QED) is 0.747. The summed E-state index contributed by atoms with van der Waals surface area (Å²) in [6.07, 6.45) is 1.22. The molecule has 0 heterocycles. The van der Waals surface area contributed by atoms with Gasteiger partial charge in [0.25, 0.3) is 0 Å². The van der Waals surface area contributed by atoms with Crippen LogP contribution < -0.4 is 4.74 Å². The summed E-state index contributed by atoms with van der Waals surface area (Å²) >= 11 is 0. The van der Waals surface area contributed by atoms with Crippen molar-refractivity contribution in [3.8, 4) is 17.6 Å². The van der Waals surface area contributed by atoms with Crippen molar-refractivity contribution < 1.29 is 9.84 Å². The maximum Gasteiger partial charge on any atom is 0.119 e. The van der Waals surface area contributed by atoms with E-state index in [-0.39, 0.29) is 6.61 Å². The fourth-order valence-corrected chi connectivity index (χ4v) is 2.02. The van der Waals surface area contributed by atoms with Gasteiger partial charge in [0.05, 0.1) is 0 Å². The van der Waals surface area contributed by atoms with Crippen molar-refractivity contribution in [1.82, 2.24) is 4.90 Å². The molecule has 0 bridgehead atoms. The summed E-state index contributed by atoms with van der Waals surface area (Å²) in [5.74, 6) is 7.10. The number of aliphatic hydroxyl groups excluding tert-OH is 1. The number of hydrogen-bond acceptors (Lipinski definition) is 3. The van der Waals surface area contributed by atoms with Gasteiger partial charge in [0, 0.05) is 18.7 Å². The van der Waals surface area contributed by atoms with Gasteiger partial charge < -0.3 is 9.84 Å². The molecule has 0 spiro atoms. The SMILES string of the molecule is CCC(C)CN(CC)CCOc1ccc(C#CCO)cc1. The minimum atomic E-state index is -0.110. The van der Waals surface area contributed by atoms with Gasteiger partial charge in [-0.1, -0.05) is 39.0 Å². The maximum atomic E-state index is 8.65. The Bertz CT molecular complexity index is 445. The van der Waals surface area contributed by atoms with Gasteiger partial charge in [-0.2, -0.15) is 0 Å². The predicted octanol–water partition coefficient (Wildman–Crippen LogP) is 2.78. The van der Waals surface area contributed by atoms with Gasteiger partial charge >= 0.3 is 0 Å². The van der Waals surface area contributed by atoms with E-state index in [2.05, 4.69) is 37.5 Å². The van der Waals surface area contributed by atoms with Crippen LogP contribution in [0.3, 0.4) is 0 Å². The van der Waals surface area contributed by atoms with Crippen molar-refractivity contribution in [1.29, 1.82) is 0 Å². The molecule has 1 aromatic carbocycles. The first-order chi connectivity index (χ1) is 10.2. The summed E-state index contributed by atoms with van der Waals surface area (Å²) in [7, 11) is 0. The van der Waals surface area contributed by atoms with Crippen LogP contribution in [0.1, 0.15) is 32.8 Å². The molecule has 1 aromatic rings. The fraction of sp³-hybridized carbons (Fsp3) is 0.556. The van der Waals surface area contributed by atoms with Crippen molar-refractivity contribution in [3.05, 3.63) is 29.8 Å². The van der Waals surface area contributed by atoms with Crippen LogP contribution in [0.25, 0.3) is 0 Å². The van der Waals surface area contributed by atoms with Crippen LogP contribution in [0, 0.1) is 17.8 Å². The summed E-state index contributed by atoms with van der Waals surface area (Å²) in [5, 5.41) is 8.65. The molecule has 3 nitrogen and oxygen atoms in total. The summed E-state index contributed by atoms with van der Waals surface area (Å²) < 4.78 is 5.77. The van der Waals surface area contributed by atoms with Gasteiger partial charge in [0.1, 0.15) is 19.0 Å². The Hall–Kier alpha value is -1.50. The van der Waals surface area contributed by atoms with Gasteiger partial charge in [0.2, 0.25) is 0 Å². The van der Waals surface area contributed by atoms with E-state index in [9.17, 15) is 0 Å². The average molecular weight is 289 g/mol. The third-order valence-corrected chi connectivity index (χ3v) is 3.56. The number of ether oxygens (including phenoxy) is 1. The fourth-order valence-electron chi connectivity index (χ4n) is 2.02. The van der Waals surface area contributed by atoms with Gasteiger partial charge in [0.15, 0.2) is 0 Å². The predicted molar refractivity (Wildman–Crippen MR) is 87.5 cm³/mol. The van der Waals surface area contributed by atoms with Crippen molar-refractivity contribution in [2.24, 2.45) is 5.92 Å². The lowest BCUT2D eigenvalue weighted by molar-refractivity contribution is 0.194. The van der Waals surface area contributed by atoms with Crippen molar-refractivity contribution in [2.75, 3.05) is 32.8 Å². The van der Waals surface area contributed by atoms with Crippen LogP contribution in [0.15, 0.2) is 24.3 Å². The van der Waals surface area contributed by atoms with Crippen LogP contribution in [0.4, 0.5) is 0 Å². The standard InChI is InChI=1S/C18H27NO2/c1-4-16(3)15-19(5-2)12-14-21-18-10-8-17(9-11-18)7-6-13-20/h8-11,16,20H,4-5,12-15H2,1-3H3. The molecule has 0 saturated carbocycles. The Kier molecular flexibility index (Phi) is 8.57. The Labute approximate surface area is 128 Å². The Morgan fingerprint density at radius 1 is 1.24 bits per heavy atom. The first kappa shape index (κ1) is 17.6. The van der Waals surface area contributed by atoms with Crippen LogP contribution in [0.2, 0.25) is 0 Å². The summed E-state index contributed by atoms with van der Waals surface area (Å²) in [4.78, 5) is 2.43. The molecular formula is C18H27NO2. The van der Waals surface area contributed by atoms with E-state index < -0.39 is 0 Å². The lowest BCUT2D eigenvalue weighted by atomic mass is 10.1. The molecule has 0 radical (unpaired) electrons. The molecule has 1 atom stereocenters. The molecule has 21 heavy (non-hydrogen) atoms. The third-order valence-electron chi connectivity index (χ3n) is 3.56. The molecule has 0 saturated heterocycles. The van der Waals surface area contributed by atoms with Crippen LogP contribution in [-0.4, -0.2) is 42.9 Å². The van der Waals surface area contributed by atoms with Gasteiger partial charge in [-0.25, -0.2) is 0 Å². The van der Waals surface area contributed by atoms with E-state index in [0.29, 0.717) is 6.61 Å². The van der Waals surface area contributed by atoms with Crippen LogP contribution in [0.5, 0.6) is 5.75 Å². The highest BCUT2D eigenvalue weighted by molar-refractivity contribution is 5.38. The molecule has 1 rings (SSSR count). The highest BCUT2D eigenvalue weighted by Gasteiger charge is 2.07. The van der Waals surface area contributed by atoms with E-state index >= 15 is 0 Å². The Balaban J connectivity index is 2.37. The summed E-state index contributed by atoms with van der Waals surface area (Å²) in [6.45, 7) is 10.4. The first-order valence-electron chi connectivity index (χ1n) is 7.74. The second-order valence-corrected chi connectivity index (χ2v) is 5.24. The van der Waals surface area contributed by atoms with E-state index in [0.717, 1.165) is 36.9 Å². The zero-order valence-electron chi connectivity index (χ0n) is 13.4. The molecule has 0 aliphatic heterocycles. The second-order valence-electron chi connectivity index (χ2n) is 5.24. The minimum absolute atomic E-state index is 0.110. The zero-order chi connectivity index (χ0) is 15.5. The Morgan fingerprint density at radius 3 is 2.52 bits per heavy atom. The zero-order valence-corrected chi connectivity index (χ0v) is 13.4. The van der Waals surface area contributed by atoms with E-state index in [1.165, 1.54) is 6.42 Å². The van der Waals surface area contributed by atoms with Gasteiger partial charge in [-0.15, -0.1) is 0 Å². The van der Waals surface area contributed by atoms with Crippen molar-refractivity contribution >= 4 is 0 Å². The molecule has 0 aliphatic rings. The molecule has 0 amide bonds. The monoisotopic (exact) mass is 289 g/mol. The number of benzene rings is 1.